The number of nitrogens with one attached hydrogen (secondary N) is 1. The van der Waals surface area contributed by atoms with Crippen LogP contribution in [0.3, 0.4) is 0 Å². The highest BCUT2D eigenvalue weighted by molar-refractivity contribution is 5.34. The molecular weight excluding hydrogens is 274 g/mol. The molecule has 8 heteroatoms. The quantitative estimate of drug-likeness (QED) is 0.507. The zero-order valence-corrected chi connectivity index (χ0v) is 9.86. The number of hydrazine groups is 1. The largest absolute Gasteiger partial charge is 0.416 e. The van der Waals surface area contributed by atoms with E-state index in [0.717, 1.165) is 18.2 Å². The normalized spacial score (nSPS) is 14.5. The summed E-state index contributed by atoms with van der Waals surface area (Å²) < 4.78 is 74.2. The van der Waals surface area contributed by atoms with Crippen molar-refractivity contribution in [1.29, 1.82) is 0 Å². The maximum Gasteiger partial charge on any atom is 0.416 e. The zero-order valence-electron chi connectivity index (χ0n) is 9.86. The Bertz CT molecular complexity index is 438. The second kappa shape index (κ2) is 5.38. The van der Waals surface area contributed by atoms with E-state index < -0.39 is 30.4 Å². The molecule has 1 atom stereocenters. The van der Waals surface area contributed by atoms with Gasteiger partial charge in [0, 0.05) is 0 Å². The van der Waals surface area contributed by atoms with Crippen LogP contribution in [0.5, 0.6) is 0 Å². The molecule has 0 radical (unpaired) electrons. The van der Waals surface area contributed by atoms with Gasteiger partial charge in [0.1, 0.15) is 0 Å². The summed E-state index contributed by atoms with van der Waals surface area (Å²) in [7, 11) is 0. The summed E-state index contributed by atoms with van der Waals surface area (Å²) in [5.41, 5.74) is 1.26. The van der Waals surface area contributed by atoms with Crippen LogP contribution in [0.1, 0.15) is 29.2 Å². The van der Waals surface area contributed by atoms with Gasteiger partial charge in [-0.2, -0.15) is 26.3 Å². The number of alkyl halides is 6. The van der Waals surface area contributed by atoms with Crippen LogP contribution in [0.4, 0.5) is 26.3 Å². The number of benzene rings is 1. The summed E-state index contributed by atoms with van der Waals surface area (Å²) in [6.45, 7) is 1.31. The third kappa shape index (κ3) is 4.39. The molecular formula is C11H12F6N2. The minimum absolute atomic E-state index is 0.0906. The van der Waals surface area contributed by atoms with Gasteiger partial charge in [0.05, 0.1) is 18.0 Å². The lowest BCUT2D eigenvalue weighted by Crippen LogP contribution is -2.32. The minimum atomic E-state index is -4.53. The molecule has 0 aliphatic rings. The van der Waals surface area contributed by atoms with E-state index in [4.69, 9.17) is 5.84 Å². The van der Waals surface area contributed by atoms with Gasteiger partial charge in [-0.3, -0.25) is 11.3 Å². The zero-order chi connectivity index (χ0) is 14.8. The summed E-state index contributed by atoms with van der Waals surface area (Å²) in [5, 5.41) is 0. The molecule has 0 aromatic heterocycles. The predicted octanol–water partition coefficient (Wildman–Crippen LogP) is 3.47. The molecule has 1 aromatic carbocycles. The van der Waals surface area contributed by atoms with Crippen LogP contribution in [0.15, 0.2) is 18.2 Å². The van der Waals surface area contributed by atoms with Gasteiger partial charge in [-0.1, -0.05) is 6.07 Å². The van der Waals surface area contributed by atoms with Gasteiger partial charge < -0.3 is 0 Å². The fourth-order valence-electron chi connectivity index (χ4n) is 1.73. The molecule has 0 fully saturated rings. The molecule has 0 saturated carbocycles. The van der Waals surface area contributed by atoms with Crippen LogP contribution in [0, 0.1) is 6.92 Å². The number of hydrogen-bond acceptors (Lipinski definition) is 2. The van der Waals surface area contributed by atoms with Crippen molar-refractivity contribution in [2.45, 2.75) is 31.7 Å². The first-order valence-electron chi connectivity index (χ1n) is 5.25. The maximum absolute atomic E-state index is 12.4. The van der Waals surface area contributed by atoms with Crippen molar-refractivity contribution in [2.75, 3.05) is 0 Å². The molecule has 19 heavy (non-hydrogen) atoms. The molecule has 1 rings (SSSR count). The van der Waals surface area contributed by atoms with Crippen molar-refractivity contribution < 1.29 is 26.3 Å². The van der Waals surface area contributed by atoms with E-state index in [0.29, 0.717) is 0 Å². The minimum Gasteiger partial charge on any atom is -0.271 e. The average Bonchev–Trinajstić information content (AvgIpc) is 2.23. The fourth-order valence-corrected chi connectivity index (χ4v) is 1.73. The molecule has 3 N–H and O–H groups in total. The number of aryl methyl sites for hydroxylation is 1. The molecule has 0 aliphatic heterocycles. The Hall–Kier alpha value is -1.28. The van der Waals surface area contributed by atoms with Gasteiger partial charge in [-0.05, 0) is 30.2 Å². The molecule has 1 aromatic rings. The Morgan fingerprint density at radius 1 is 1.16 bits per heavy atom. The molecule has 2 nitrogen and oxygen atoms in total. The number of hydrogen-bond donors (Lipinski definition) is 2. The topological polar surface area (TPSA) is 38.0 Å². The third-order valence-electron chi connectivity index (χ3n) is 2.61. The molecule has 1 unspecified atom stereocenters. The van der Waals surface area contributed by atoms with Crippen molar-refractivity contribution in [2.24, 2.45) is 5.84 Å². The first kappa shape index (κ1) is 15.8. The standard InChI is InChI=1S/C11H12F6N2/c1-6-4-7(11(15,16)17)2-3-8(6)9(19-18)5-10(12,13)14/h2-4,9,19H,5,18H2,1H3. The highest BCUT2D eigenvalue weighted by atomic mass is 19.4. The highest BCUT2D eigenvalue weighted by Gasteiger charge is 2.34. The Morgan fingerprint density at radius 3 is 2.11 bits per heavy atom. The Labute approximate surface area is 105 Å². The van der Waals surface area contributed by atoms with E-state index in [1.54, 1.807) is 0 Å². The van der Waals surface area contributed by atoms with E-state index in [1.807, 2.05) is 5.43 Å². The molecule has 0 spiro atoms. The van der Waals surface area contributed by atoms with Gasteiger partial charge in [0.15, 0.2) is 0 Å². The lowest BCUT2D eigenvalue weighted by atomic mass is 9.97. The van der Waals surface area contributed by atoms with E-state index in [-0.39, 0.29) is 11.1 Å². The molecule has 0 bridgehead atoms. The monoisotopic (exact) mass is 286 g/mol. The summed E-state index contributed by atoms with van der Waals surface area (Å²) in [6, 6.07) is 1.27. The second-order valence-electron chi connectivity index (χ2n) is 4.11. The van der Waals surface area contributed by atoms with Crippen LogP contribution < -0.4 is 11.3 Å². The van der Waals surface area contributed by atoms with Crippen LogP contribution in [0.25, 0.3) is 0 Å². The van der Waals surface area contributed by atoms with Crippen molar-refractivity contribution in [3.63, 3.8) is 0 Å². The second-order valence-corrected chi connectivity index (χ2v) is 4.11. The predicted molar refractivity (Wildman–Crippen MR) is 56.9 cm³/mol. The Kier molecular flexibility index (Phi) is 4.46. The van der Waals surface area contributed by atoms with E-state index in [1.165, 1.54) is 6.92 Å². The summed E-state index contributed by atoms with van der Waals surface area (Å²) >= 11 is 0. The Morgan fingerprint density at radius 2 is 1.74 bits per heavy atom. The summed E-state index contributed by atoms with van der Waals surface area (Å²) in [5.74, 6) is 5.03. The lowest BCUT2D eigenvalue weighted by molar-refractivity contribution is -0.141. The van der Waals surface area contributed by atoms with Gasteiger partial charge in [-0.15, -0.1) is 0 Å². The van der Waals surface area contributed by atoms with Gasteiger partial charge in [0.25, 0.3) is 0 Å². The lowest BCUT2D eigenvalue weighted by Gasteiger charge is -2.21. The van der Waals surface area contributed by atoms with Gasteiger partial charge in [-0.25, -0.2) is 0 Å². The first-order chi connectivity index (χ1) is 8.54. The summed E-state index contributed by atoms with van der Waals surface area (Å²) in [6.07, 6.45) is -10.2. The molecule has 0 aliphatic carbocycles. The van der Waals surface area contributed by atoms with E-state index >= 15 is 0 Å². The SMILES string of the molecule is Cc1cc(C(F)(F)F)ccc1C(CC(F)(F)F)NN. The van der Waals surface area contributed by atoms with Crippen LogP contribution in [-0.2, 0) is 6.18 Å². The van der Waals surface area contributed by atoms with Crippen LogP contribution in [0.2, 0.25) is 0 Å². The van der Waals surface area contributed by atoms with Crippen LogP contribution >= 0.6 is 0 Å². The van der Waals surface area contributed by atoms with Crippen molar-refractivity contribution in [3.8, 4) is 0 Å². The Balaban J connectivity index is 3.07. The molecule has 0 heterocycles. The van der Waals surface area contributed by atoms with Gasteiger partial charge in [0.2, 0.25) is 0 Å². The number of halogens is 6. The van der Waals surface area contributed by atoms with E-state index in [2.05, 4.69) is 0 Å². The van der Waals surface area contributed by atoms with Gasteiger partial charge >= 0.3 is 12.4 Å². The van der Waals surface area contributed by atoms with Crippen molar-refractivity contribution in [1.82, 2.24) is 5.43 Å². The number of rotatable bonds is 3. The fraction of sp³-hybridized carbons (Fsp3) is 0.455. The average molecular weight is 286 g/mol. The first-order valence-corrected chi connectivity index (χ1v) is 5.25. The smallest absolute Gasteiger partial charge is 0.271 e. The molecule has 0 amide bonds. The van der Waals surface area contributed by atoms with Crippen LogP contribution in [-0.4, -0.2) is 6.18 Å². The summed E-state index contributed by atoms with van der Waals surface area (Å²) in [4.78, 5) is 0. The maximum atomic E-state index is 12.4. The van der Waals surface area contributed by atoms with Crippen molar-refractivity contribution in [3.05, 3.63) is 34.9 Å². The van der Waals surface area contributed by atoms with Crippen molar-refractivity contribution >= 4 is 0 Å². The van der Waals surface area contributed by atoms with E-state index in [9.17, 15) is 26.3 Å². The molecule has 108 valence electrons. The highest BCUT2D eigenvalue weighted by Crippen LogP contribution is 2.34. The third-order valence-corrected chi connectivity index (χ3v) is 2.61. The molecule has 0 saturated heterocycles. The number of nitrogens with two attached hydrogens (primary N) is 1.